The van der Waals surface area contributed by atoms with Crippen molar-refractivity contribution in [3.8, 4) is 39.1 Å². The highest BCUT2D eigenvalue weighted by Crippen LogP contribution is 2.63. The van der Waals surface area contributed by atoms with E-state index in [0.717, 1.165) is 11.4 Å². The summed E-state index contributed by atoms with van der Waals surface area (Å²) in [6.45, 7) is 0. The highest BCUT2D eigenvalue weighted by atomic mass is 32.1. The molecule has 0 N–H and O–H groups in total. The Morgan fingerprint density at radius 2 is 0.969 bits per heavy atom. The molecule has 1 aliphatic heterocycles. The van der Waals surface area contributed by atoms with Crippen LogP contribution in [0.25, 0.3) is 81.0 Å². The van der Waals surface area contributed by atoms with Gasteiger partial charge in [-0.05, 0) is 87.0 Å². The number of hydrogen-bond acceptors (Lipinski definition) is 2. The maximum Gasteiger partial charge on any atom is 0.0755 e. The van der Waals surface area contributed by atoms with Gasteiger partial charge in [-0.15, -0.1) is 11.3 Å². The zero-order chi connectivity index (χ0) is 41.9. The average Bonchev–Trinajstić information content (AvgIpc) is 4.02. The summed E-state index contributed by atoms with van der Waals surface area (Å²) in [5.74, 6) is 0. The molecule has 0 saturated carbocycles. The smallest absolute Gasteiger partial charge is 0.0755 e. The first-order valence-corrected chi connectivity index (χ1v) is 22.9. The molecular weight excluding hydrogens is 793 g/mol. The lowest BCUT2D eigenvalue weighted by Gasteiger charge is -2.39. The first-order chi connectivity index (χ1) is 31.8. The Kier molecular flexibility index (Phi) is 7.51. The molecule has 14 rings (SSSR count). The predicted octanol–water partition coefficient (Wildman–Crippen LogP) is 16.6. The summed E-state index contributed by atoms with van der Waals surface area (Å²) in [4.78, 5) is 2.59. The molecule has 2 nitrogen and oxygen atoms in total. The Morgan fingerprint density at radius 1 is 0.375 bits per heavy atom. The number of benzene rings is 10. The fourth-order valence-electron chi connectivity index (χ4n) is 11.5. The van der Waals surface area contributed by atoms with Gasteiger partial charge >= 0.3 is 0 Å². The molecule has 12 aromatic rings. The van der Waals surface area contributed by atoms with Gasteiger partial charge in [0.25, 0.3) is 0 Å². The van der Waals surface area contributed by atoms with Crippen LogP contribution in [-0.4, -0.2) is 4.57 Å². The first kappa shape index (κ1) is 35.6. The molecule has 0 bridgehead atoms. The van der Waals surface area contributed by atoms with E-state index in [0.29, 0.717) is 0 Å². The van der Waals surface area contributed by atoms with E-state index in [-0.39, 0.29) is 0 Å². The molecule has 0 saturated heterocycles. The number of hydrogen-bond donors (Lipinski definition) is 0. The highest BCUT2D eigenvalue weighted by Gasteiger charge is 2.51. The largest absolute Gasteiger partial charge is 0.309 e. The van der Waals surface area contributed by atoms with Gasteiger partial charge in [-0.3, -0.25) is 0 Å². The van der Waals surface area contributed by atoms with E-state index in [1.807, 2.05) is 11.3 Å². The summed E-state index contributed by atoms with van der Waals surface area (Å²) in [5.41, 5.74) is 19.2. The van der Waals surface area contributed by atoms with Crippen LogP contribution in [0.4, 0.5) is 17.1 Å². The lowest BCUT2D eigenvalue weighted by molar-refractivity contribution is 0.748. The second-order valence-electron chi connectivity index (χ2n) is 17.1. The van der Waals surface area contributed by atoms with Crippen LogP contribution in [-0.2, 0) is 5.41 Å². The SMILES string of the molecule is c1ccc(-c2cccc(-c3ccccc3N(c3cccc4c3-c3ccccc3C43c4ccccc4-n4c5ccccc5c5cccc3c54)c3cccc4c3sc3ccccc34)c2)cc1. The van der Waals surface area contributed by atoms with Crippen molar-refractivity contribution >= 4 is 70.4 Å². The molecule has 64 heavy (non-hydrogen) atoms. The first-order valence-electron chi connectivity index (χ1n) is 22.1. The van der Waals surface area contributed by atoms with Crippen molar-refractivity contribution in [2.24, 2.45) is 0 Å². The molecule has 298 valence electrons. The Hall–Kier alpha value is -7.98. The van der Waals surface area contributed by atoms with Crippen LogP contribution in [0.3, 0.4) is 0 Å². The molecule has 1 unspecified atom stereocenters. The number of thiophene rings is 1. The lowest BCUT2D eigenvalue weighted by Crippen LogP contribution is -2.33. The van der Waals surface area contributed by atoms with E-state index < -0.39 is 5.41 Å². The third kappa shape index (κ3) is 4.74. The molecule has 2 aromatic heterocycles. The van der Waals surface area contributed by atoms with Crippen LogP contribution in [0.15, 0.2) is 231 Å². The second-order valence-corrected chi connectivity index (χ2v) is 18.2. The molecule has 3 heteroatoms. The molecular formula is C61H38N2S. The van der Waals surface area contributed by atoms with Crippen molar-refractivity contribution in [3.63, 3.8) is 0 Å². The summed E-state index contributed by atoms with van der Waals surface area (Å²) in [5, 5.41) is 5.13. The summed E-state index contributed by atoms with van der Waals surface area (Å²) in [6, 6.07) is 85.9. The Bertz CT molecular complexity index is 3870. The van der Waals surface area contributed by atoms with Crippen molar-refractivity contribution in [2.75, 3.05) is 4.90 Å². The number of aromatic nitrogens is 1. The monoisotopic (exact) mass is 830 g/mol. The number of nitrogens with zero attached hydrogens (tertiary/aromatic N) is 2. The maximum absolute atomic E-state index is 2.59. The fraction of sp³-hybridized carbons (Fsp3) is 0.0164. The van der Waals surface area contributed by atoms with Gasteiger partial charge in [0.05, 0.1) is 43.9 Å². The number of anilines is 3. The van der Waals surface area contributed by atoms with E-state index in [1.54, 1.807) is 0 Å². The molecule has 10 aromatic carbocycles. The molecule has 1 atom stereocenters. The minimum Gasteiger partial charge on any atom is -0.309 e. The normalized spacial score (nSPS) is 14.6. The fourth-order valence-corrected chi connectivity index (χ4v) is 12.7. The van der Waals surface area contributed by atoms with Crippen molar-refractivity contribution in [3.05, 3.63) is 253 Å². The van der Waals surface area contributed by atoms with Crippen molar-refractivity contribution < 1.29 is 0 Å². The van der Waals surface area contributed by atoms with E-state index in [1.165, 1.54) is 109 Å². The summed E-state index contributed by atoms with van der Waals surface area (Å²) in [6.07, 6.45) is 0. The Balaban J connectivity index is 1.10. The van der Waals surface area contributed by atoms with Gasteiger partial charge in [-0.1, -0.05) is 188 Å². The Labute approximate surface area is 375 Å². The van der Waals surface area contributed by atoms with Crippen LogP contribution < -0.4 is 4.90 Å². The van der Waals surface area contributed by atoms with Gasteiger partial charge in [0.2, 0.25) is 0 Å². The molecule has 1 aliphatic carbocycles. The average molecular weight is 831 g/mol. The standard InChI is InChI=1S/C61H38N2S/c1-2-18-39(19-3-1)40-20-14-21-41(38-40)42-22-5-10-32-52(42)62(56-36-16-27-46-44-24-7-13-37-57(44)64-60(46)56)55-35-17-30-50-58(55)47-25-4-8-28-48(47)61(50)49-29-9-12-34-54(49)63-53-33-11-6-23-43(53)45-26-15-31-51(61)59(45)63/h1-38H. The summed E-state index contributed by atoms with van der Waals surface area (Å²) >= 11 is 1.88. The van der Waals surface area contributed by atoms with Crippen LogP contribution in [0, 0.1) is 0 Å². The third-order valence-corrected chi connectivity index (χ3v) is 15.2. The third-order valence-electron chi connectivity index (χ3n) is 14.0. The predicted molar refractivity (Wildman–Crippen MR) is 270 cm³/mol. The van der Waals surface area contributed by atoms with Gasteiger partial charge < -0.3 is 9.47 Å². The quantitative estimate of drug-likeness (QED) is 0.168. The number of para-hydroxylation sites is 4. The lowest BCUT2D eigenvalue weighted by atomic mass is 9.65. The zero-order valence-corrected chi connectivity index (χ0v) is 35.6. The molecule has 3 heterocycles. The van der Waals surface area contributed by atoms with E-state index >= 15 is 0 Å². The number of rotatable bonds is 5. The van der Waals surface area contributed by atoms with Gasteiger partial charge in [-0.25, -0.2) is 0 Å². The molecule has 1 spiro atoms. The van der Waals surface area contributed by atoms with Gasteiger partial charge in [0.15, 0.2) is 0 Å². The minimum atomic E-state index is -0.568. The van der Waals surface area contributed by atoms with Crippen LogP contribution in [0.2, 0.25) is 0 Å². The molecule has 0 radical (unpaired) electrons. The molecule has 0 fully saturated rings. The van der Waals surface area contributed by atoms with Crippen LogP contribution >= 0.6 is 11.3 Å². The topological polar surface area (TPSA) is 8.17 Å². The zero-order valence-electron chi connectivity index (χ0n) is 34.7. The van der Waals surface area contributed by atoms with E-state index in [4.69, 9.17) is 0 Å². The Morgan fingerprint density at radius 3 is 1.89 bits per heavy atom. The maximum atomic E-state index is 2.59. The van der Waals surface area contributed by atoms with Crippen molar-refractivity contribution in [1.29, 1.82) is 0 Å². The van der Waals surface area contributed by atoms with E-state index in [9.17, 15) is 0 Å². The highest BCUT2D eigenvalue weighted by molar-refractivity contribution is 7.26. The van der Waals surface area contributed by atoms with Crippen LogP contribution in [0.1, 0.15) is 22.3 Å². The molecule has 2 aliphatic rings. The van der Waals surface area contributed by atoms with Crippen molar-refractivity contribution in [1.82, 2.24) is 4.57 Å². The second kappa shape index (κ2) is 13.5. The molecule has 0 amide bonds. The van der Waals surface area contributed by atoms with Crippen molar-refractivity contribution in [2.45, 2.75) is 5.41 Å². The summed E-state index contributed by atoms with van der Waals surface area (Å²) < 4.78 is 5.09. The van der Waals surface area contributed by atoms with Gasteiger partial charge in [-0.2, -0.15) is 0 Å². The minimum absolute atomic E-state index is 0.568. The van der Waals surface area contributed by atoms with E-state index in [2.05, 4.69) is 240 Å². The van der Waals surface area contributed by atoms with Gasteiger partial charge in [0, 0.05) is 37.4 Å². The number of fused-ring (bicyclic) bond motifs is 15. The summed E-state index contributed by atoms with van der Waals surface area (Å²) in [7, 11) is 0. The van der Waals surface area contributed by atoms with Gasteiger partial charge in [0.1, 0.15) is 0 Å². The van der Waals surface area contributed by atoms with Crippen LogP contribution in [0.5, 0.6) is 0 Å².